The molecule has 0 bridgehead atoms. The van der Waals surface area contributed by atoms with E-state index in [2.05, 4.69) is 0 Å². The van der Waals surface area contributed by atoms with Gasteiger partial charge in [0.15, 0.2) is 0 Å². The SMILES string of the molecule is Cc1cc([N+](=O)[O-])c(C)cc1Oc1ccccc1CCl. The van der Waals surface area contributed by atoms with Crippen molar-refractivity contribution < 1.29 is 9.66 Å². The smallest absolute Gasteiger partial charge is 0.272 e. The molecule has 20 heavy (non-hydrogen) atoms. The molecular weight excluding hydrogens is 278 g/mol. The van der Waals surface area contributed by atoms with Crippen molar-refractivity contribution in [1.82, 2.24) is 0 Å². The van der Waals surface area contributed by atoms with Gasteiger partial charge in [0.25, 0.3) is 5.69 Å². The minimum Gasteiger partial charge on any atom is -0.457 e. The molecule has 104 valence electrons. The first-order chi connectivity index (χ1) is 9.52. The van der Waals surface area contributed by atoms with Gasteiger partial charge in [-0.3, -0.25) is 10.1 Å². The summed E-state index contributed by atoms with van der Waals surface area (Å²) in [4.78, 5) is 10.5. The van der Waals surface area contributed by atoms with E-state index in [4.69, 9.17) is 16.3 Å². The number of nitro benzene ring substituents is 1. The van der Waals surface area contributed by atoms with Crippen LogP contribution in [0.5, 0.6) is 11.5 Å². The van der Waals surface area contributed by atoms with Crippen LogP contribution in [0.1, 0.15) is 16.7 Å². The van der Waals surface area contributed by atoms with Crippen LogP contribution in [0.3, 0.4) is 0 Å². The van der Waals surface area contributed by atoms with Crippen LogP contribution in [0, 0.1) is 24.0 Å². The lowest BCUT2D eigenvalue weighted by Gasteiger charge is -2.12. The lowest BCUT2D eigenvalue weighted by molar-refractivity contribution is -0.385. The first kappa shape index (κ1) is 14.3. The number of nitrogens with zero attached hydrogens (tertiary/aromatic N) is 1. The van der Waals surface area contributed by atoms with Gasteiger partial charge in [-0.2, -0.15) is 0 Å². The predicted molar refractivity (Wildman–Crippen MR) is 78.6 cm³/mol. The Morgan fingerprint density at radius 2 is 1.85 bits per heavy atom. The van der Waals surface area contributed by atoms with Crippen molar-refractivity contribution >= 4 is 17.3 Å². The largest absolute Gasteiger partial charge is 0.457 e. The molecule has 0 N–H and O–H groups in total. The molecule has 0 saturated carbocycles. The summed E-state index contributed by atoms with van der Waals surface area (Å²) in [5.41, 5.74) is 2.26. The Labute approximate surface area is 122 Å². The summed E-state index contributed by atoms with van der Waals surface area (Å²) < 4.78 is 5.84. The Balaban J connectivity index is 2.39. The highest BCUT2D eigenvalue weighted by Crippen LogP contribution is 2.32. The van der Waals surface area contributed by atoms with Crippen molar-refractivity contribution in [2.24, 2.45) is 0 Å². The maximum absolute atomic E-state index is 10.9. The van der Waals surface area contributed by atoms with Gasteiger partial charge in [-0.05, 0) is 31.5 Å². The zero-order valence-electron chi connectivity index (χ0n) is 11.2. The Morgan fingerprint density at radius 1 is 1.15 bits per heavy atom. The number of hydrogen-bond acceptors (Lipinski definition) is 3. The molecule has 0 aliphatic rings. The van der Waals surface area contributed by atoms with Gasteiger partial charge in [0.2, 0.25) is 0 Å². The average Bonchev–Trinajstić information content (AvgIpc) is 2.42. The molecule has 0 spiro atoms. The standard InChI is InChI=1S/C15H14ClNO3/c1-10-8-15(11(2)7-13(10)17(18)19)20-14-6-4-3-5-12(14)9-16/h3-8H,9H2,1-2H3. The second kappa shape index (κ2) is 5.92. The first-order valence-electron chi connectivity index (χ1n) is 6.10. The van der Waals surface area contributed by atoms with Crippen molar-refractivity contribution in [1.29, 1.82) is 0 Å². The highest BCUT2D eigenvalue weighted by molar-refractivity contribution is 6.17. The van der Waals surface area contributed by atoms with Crippen LogP contribution in [0.15, 0.2) is 36.4 Å². The molecule has 0 saturated heterocycles. The molecule has 0 unspecified atom stereocenters. The molecule has 2 aromatic carbocycles. The Hall–Kier alpha value is -2.07. The summed E-state index contributed by atoms with van der Waals surface area (Å²) in [5.74, 6) is 1.62. The zero-order valence-corrected chi connectivity index (χ0v) is 12.0. The van der Waals surface area contributed by atoms with Crippen LogP contribution >= 0.6 is 11.6 Å². The van der Waals surface area contributed by atoms with Crippen LogP contribution < -0.4 is 4.74 Å². The molecule has 4 nitrogen and oxygen atoms in total. The van der Waals surface area contributed by atoms with E-state index in [9.17, 15) is 10.1 Å². The van der Waals surface area contributed by atoms with Gasteiger partial charge in [-0.25, -0.2) is 0 Å². The van der Waals surface area contributed by atoms with Gasteiger partial charge in [-0.15, -0.1) is 11.6 Å². The van der Waals surface area contributed by atoms with Gasteiger partial charge in [-0.1, -0.05) is 18.2 Å². The molecule has 0 amide bonds. The normalized spacial score (nSPS) is 10.3. The van der Waals surface area contributed by atoms with Crippen LogP contribution in [-0.4, -0.2) is 4.92 Å². The van der Waals surface area contributed by atoms with E-state index in [1.54, 1.807) is 19.9 Å². The summed E-state index contributed by atoms with van der Waals surface area (Å²) in [6, 6.07) is 10.7. The van der Waals surface area contributed by atoms with Crippen molar-refractivity contribution in [3.8, 4) is 11.5 Å². The molecule has 0 aromatic heterocycles. The van der Waals surface area contributed by atoms with E-state index < -0.39 is 4.92 Å². The van der Waals surface area contributed by atoms with Crippen LogP contribution in [-0.2, 0) is 5.88 Å². The van der Waals surface area contributed by atoms with E-state index in [0.29, 0.717) is 28.5 Å². The van der Waals surface area contributed by atoms with Crippen molar-refractivity contribution in [2.75, 3.05) is 0 Å². The van der Waals surface area contributed by atoms with Gasteiger partial charge in [0, 0.05) is 17.2 Å². The average molecular weight is 292 g/mol. The number of benzene rings is 2. The van der Waals surface area contributed by atoms with Crippen molar-refractivity contribution in [3.63, 3.8) is 0 Å². The molecule has 0 aliphatic carbocycles. The number of halogens is 1. The van der Waals surface area contributed by atoms with Gasteiger partial charge < -0.3 is 4.74 Å². The summed E-state index contributed by atoms with van der Waals surface area (Å²) in [7, 11) is 0. The molecule has 0 radical (unpaired) electrons. The molecule has 2 aromatic rings. The van der Waals surface area contributed by atoms with Gasteiger partial charge in [0.1, 0.15) is 11.5 Å². The second-order valence-electron chi connectivity index (χ2n) is 4.50. The minimum atomic E-state index is -0.390. The molecule has 5 heteroatoms. The lowest BCUT2D eigenvalue weighted by atomic mass is 10.1. The third-order valence-corrected chi connectivity index (χ3v) is 3.31. The van der Waals surface area contributed by atoms with Crippen molar-refractivity contribution in [3.05, 3.63) is 63.2 Å². The molecule has 0 fully saturated rings. The number of hydrogen-bond donors (Lipinski definition) is 0. The van der Waals surface area contributed by atoms with Crippen LogP contribution in [0.4, 0.5) is 5.69 Å². The van der Waals surface area contributed by atoms with Crippen molar-refractivity contribution in [2.45, 2.75) is 19.7 Å². The highest BCUT2D eigenvalue weighted by Gasteiger charge is 2.15. The lowest BCUT2D eigenvalue weighted by Crippen LogP contribution is -1.96. The molecule has 0 atom stereocenters. The summed E-state index contributed by atoms with van der Waals surface area (Å²) >= 11 is 5.87. The Bertz CT molecular complexity index is 656. The van der Waals surface area contributed by atoms with Crippen LogP contribution in [0.2, 0.25) is 0 Å². The van der Waals surface area contributed by atoms with Gasteiger partial charge in [0.05, 0.1) is 10.8 Å². The third kappa shape index (κ3) is 2.91. The predicted octanol–water partition coefficient (Wildman–Crippen LogP) is 4.74. The fraction of sp³-hybridized carbons (Fsp3) is 0.200. The van der Waals surface area contributed by atoms with E-state index in [0.717, 1.165) is 5.56 Å². The van der Waals surface area contributed by atoms with E-state index in [1.165, 1.54) is 6.07 Å². The second-order valence-corrected chi connectivity index (χ2v) is 4.77. The fourth-order valence-corrected chi connectivity index (χ4v) is 2.13. The maximum atomic E-state index is 10.9. The monoisotopic (exact) mass is 291 g/mol. The number of para-hydroxylation sites is 1. The molecular formula is C15H14ClNO3. The van der Waals surface area contributed by atoms with Crippen LogP contribution in [0.25, 0.3) is 0 Å². The topological polar surface area (TPSA) is 52.4 Å². The summed E-state index contributed by atoms with van der Waals surface area (Å²) in [6.07, 6.45) is 0. The zero-order chi connectivity index (χ0) is 14.7. The van der Waals surface area contributed by atoms with E-state index >= 15 is 0 Å². The number of aryl methyl sites for hydroxylation is 2. The van der Waals surface area contributed by atoms with Gasteiger partial charge >= 0.3 is 0 Å². The molecule has 0 aliphatic heterocycles. The molecule has 0 heterocycles. The molecule has 2 rings (SSSR count). The first-order valence-corrected chi connectivity index (χ1v) is 6.63. The Kier molecular flexibility index (Phi) is 4.25. The van der Waals surface area contributed by atoms with E-state index in [1.807, 2.05) is 24.3 Å². The number of alkyl halides is 1. The number of ether oxygens (including phenoxy) is 1. The van der Waals surface area contributed by atoms with E-state index in [-0.39, 0.29) is 5.69 Å². The third-order valence-electron chi connectivity index (χ3n) is 3.03. The quantitative estimate of drug-likeness (QED) is 0.464. The summed E-state index contributed by atoms with van der Waals surface area (Å²) in [5, 5.41) is 10.9. The Morgan fingerprint density at radius 3 is 2.50 bits per heavy atom. The number of rotatable bonds is 4. The summed E-state index contributed by atoms with van der Waals surface area (Å²) in [6.45, 7) is 3.48. The highest BCUT2D eigenvalue weighted by atomic mass is 35.5. The fourth-order valence-electron chi connectivity index (χ4n) is 1.91. The minimum absolute atomic E-state index is 0.0977. The number of nitro groups is 1. The maximum Gasteiger partial charge on any atom is 0.272 e.